The summed E-state index contributed by atoms with van der Waals surface area (Å²) in [5.74, 6) is -0.314. The van der Waals surface area contributed by atoms with Crippen molar-refractivity contribution < 1.29 is 4.39 Å². The zero-order valence-electron chi connectivity index (χ0n) is 9.57. The predicted molar refractivity (Wildman–Crippen MR) is 65.1 cm³/mol. The molecule has 0 amide bonds. The third kappa shape index (κ3) is 2.51. The molecule has 0 aliphatic carbocycles. The monoisotopic (exact) mass is 225 g/mol. The van der Waals surface area contributed by atoms with Crippen molar-refractivity contribution in [3.8, 4) is 6.07 Å². The molecule has 2 heteroatoms. The van der Waals surface area contributed by atoms with Crippen LogP contribution in [0.3, 0.4) is 0 Å². The van der Waals surface area contributed by atoms with Crippen molar-refractivity contribution in [2.24, 2.45) is 0 Å². The van der Waals surface area contributed by atoms with Gasteiger partial charge >= 0.3 is 0 Å². The number of nitrogens with zero attached hydrogens (tertiary/aromatic N) is 1. The fourth-order valence-corrected chi connectivity index (χ4v) is 1.87. The van der Waals surface area contributed by atoms with Gasteiger partial charge in [0.15, 0.2) is 0 Å². The number of aryl methyl sites for hydroxylation is 1. The summed E-state index contributed by atoms with van der Waals surface area (Å²) in [6.45, 7) is 2.00. The quantitative estimate of drug-likeness (QED) is 0.766. The van der Waals surface area contributed by atoms with Crippen LogP contribution in [0.15, 0.2) is 42.5 Å². The van der Waals surface area contributed by atoms with Gasteiger partial charge < -0.3 is 0 Å². The van der Waals surface area contributed by atoms with Gasteiger partial charge in [0, 0.05) is 12.0 Å². The maximum atomic E-state index is 13.7. The third-order valence-electron chi connectivity index (χ3n) is 2.70. The molecular weight excluding hydrogens is 213 g/mol. The number of halogens is 1. The van der Waals surface area contributed by atoms with Crippen molar-refractivity contribution in [3.63, 3.8) is 0 Å². The van der Waals surface area contributed by atoms with E-state index in [1.807, 2.05) is 37.3 Å². The molecular formula is C15H12FN. The van der Waals surface area contributed by atoms with Crippen LogP contribution in [0, 0.1) is 24.1 Å². The van der Waals surface area contributed by atoms with Gasteiger partial charge in [-0.15, -0.1) is 0 Å². The lowest BCUT2D eigenvalue weighted by Crippen LogP contribution is -1.97. The van der Waals surface area contributed by atoms with Crippen LogP contribution in [0.2, 0.25) is 0 Å². The Balaban J connectivity index is 2.40. The lowest BCUT2D eigenvalue weighted by molar-refractivity contribution is 0.613. The maximum Gasteiger partial charge on any atom is 0.128 e. The Kier molecular flexibility index (Phi) is 3.20. The minimum atomic E-state index is -0.314. The predicted octanol–water partition coefficient (Wildman–Crippen LogP) is 3.60. The molecule has 0 radical (unpaired) electrons. The van der Waals surface area contributed by atoms with Crippen LogP contribution < -0.4 is 0 Å². The molecule has 0 saturated carbocycles. The number of hydrogen-bond donors (Lipinski definition) is 0. The third-order valence-corrected chi connectivity index (χ3v) is 2.70. The first-order chi connectivity index (χ1) is 8.20. The Morgan fingerprint density at radius 1 is 1.18 bits per heavy atom. The van der Waals surface area contributed by atoms with E-state index in [0.717, 1.165) is 11.1 Å². The summed E-state index contributed by atoms with van der Waals surface area (Å²) in [6.07, 6.45) is 0.456. The van der Waals surface area contributed by atoms with Gasteiger partial charge in [0.05, 0.1) is 11.6 Å². The first-order valence-corrected chi connectivity index (χ1v) is 5.44. The largest absolute Gasteiger partial charge is 0.207 e. The molecule has 0 aliphatic rings. The summed E-state index contributed by atoms with van der Waals surface area (Å²) in [5, 5.41) is 8.96. The lowest BCUT2D eigenvalue weighted by atomic mass is 9.99. The van der Waals surface area contributed by atoms with Gasteiger partial charge in [-0.1, -0.05) is 35.9 Å². The maximum absolute atomic E-state index is 13.7. The first kappa shape index (κ1) is 11.3. The van der Waals surface area contributed by atoms with E-state index in [2.05, 4.69) is 0 Å². The van der Waals surface area contributed by atoms with Crippen LogP contribution in [-0.4, -0.2) is 0 Å². The molecule has 0 bridgehead atoms. The number of nitriles is 1. The Morgan fingerprint density at radius 3 is 2.65 bits per heavy atom. The molecule has 0 spiro atoms. The highest BCUT2D eigenvalue weighted by molar-refractivity contribution is 5.41. The highest BCUT2D eigenvalue weighted by Crippen LogP contribution is 2.18. The molecule has 84 valence electrons. The van der Waals surface area contributed by atoms with Crippen molar-refractivity contribution in [2.75, 3.05) is 0 Å². The van der Waals surface area contributed by atoms with E-state index in [0.29, 0.717) is 17.5 Å². The molecule has 0 aromatic heterocycles. The van der Waals surface area contributed by atoms with E-state index in [1.54, 1.807) is 12.1 Å². The van der Waals surface area contributed by atoms with E-state index < -0.39 is 0 Å². The van der Waals surface area contributed by atoms with Crippen LogP contribution in [0.4, 0.5) is 4.39 Å². The Morgan fingerprint density at radius 2 is 1.94 bits per heavy atom. The van der Waals surface area contributed by atoms with Gasteiger partial charge in [0.1, 0.15) is 5.82 Å². The second-order valence-corrected chi connectivity index (χ2v) is 4.04. The van der Waals surface area contributed by atoms with Crippen molar-refractivity contribution in [3.05, 3.63) is 70.5 Å². The summed E-state index contributed by atoms with van der Waals surface area (Å²) in [4.78, 5) is 0. The van der Waals surface area contributed by atoms with Crippen molar-refractivity contribution in [1.29, 1.82) is 5.26 Å². The topological polar surface area (TPSA) is 23.8 Å². The van der Waals surface area contributed by atoms with Gasteiger partial charge in [-0.2, -0.15) is 5.26 Å². The second-order valence-electron chi connectivity index (χ2n) is 4.04. The number of benzene rings is 2. The van der Waals surface area contributed by atoms with E-state index in [1.165, 1.54) is 6.07 Å². The van der Waals surface area contributed by atoms with Crippen LogP contribution in [-0.2, 0) is 6.42 Å². The van der Waals surface area contributed by atoms with Crippen LogP contribution in [0.1, 0.15) is 22.3 Å². The normalized spacial score (nSPS) is 9.94. The minimum Gasteiger partial charge on any atom is -0.207 e. The Bertz CT molecular complexity index is 582. The number of rotatable bonds is 2. The van der Waals surface area contributed by atoms with Gasteiger partial charge in [-0.05, 0) is 24.6 Å². The average Bonchev–Trinajstić information content (AvgIpc) is 2.32. The Labute approximate surface area is 100 Å². The van der Waals surface area contributed by atoms with E-state index in [-0.39, 0.29) is 5.82 Å². The molecule has 0 aliphatic heterocycles. The lowest BCUT2D eigenvalue weighted by Gasteiger charge is -2.06. The molecule has 2 aromatic rings. The average molecular weight is 225 g/mol. The SMILES string of the molecule is Cc1cccc(Cc2c(F)cccc2C#N)c1. The molecule has 0 N–H and O–H groups in total. The molecule has 0 atom stereocenters. The van der Waals surface area contributed by atoms with Crippen molar-refractivity contribution in [1.82, 2.24) is 0 Å². The molecule has 0 unspecified atom stereocenters. The Hall–Kier alpha value is -2.14. The highest BCUT2D eigenvalue weighted by atomic mass is 19.1. The second kappa shape index (κ2) is 4.80. The standard InChI is InChI=1S/C15H12FN/c1-11-4-2-5-12(8-11)9-14-13(10-17)6-3-7-15(14)16/h2-8H,9H2,1H3. The van der Waals surface area contributed by atoms with Gasteiger partial charge in [-0.25, -0.2) is 4.39 Å². The van der Waals surface area contributed by atoms with E-state index in [4.69, 9.17) is 5.26 Å². The molecule has 2 rings (SSSR count). The number of hydrogen-bond acceptors (Lipinski definition) is 1. The van der Waals surface area contributed by atoms with Crippen LogP contribution in [0.25, 0.3) is 0 Å². The molecule has 0 fully saturated rings. The minimum absolute atomic E-state index is 0.314. The van der Waals surface area contributed by atoms with Gasteiger partial charge in [0.25, 0.3) is 0 Å². The summed E-state index contributed by atoms with van der Waals surface area (Å²) in [6, 6.07) is 14.5. The molecule has 17 heavy (non-hydrogen) atoms. The highest BCUT2D eigenvalue weighted by Gasteiger charge is 2.08. The molecule has 2 aromatic carbocycles. The summed E-state index contributed by atoms with van der Waals surface area (Å²) < 4.78 is 13.7. The first-order valence-electron chi connectivity index (χ1n) is 5.44. The van der Waals surface area contributed by atoms with E-state index >= 15 is 0 Å². The molecule has 0 heterocycles. The zero-order valence-corrected chi connectivity index (χ0v) is 9.57. The van der Waals surface area contributed by atoms with E-state index in [9.17, 15) is 4.39 Å². The molecule has 1 nitrogen and oxygen atoms in total. The summed E-state index contributed by atoms with van der Waals surface area (Å²) in [5.41, 5.74) is 3.04. The fraction of sp³-hybridized carbons (Fsp3) is 0.133. The summed E-state index contributed by atoms with van der Waals surface area (Å²) >= 11 is 0. The smallest absolute Gasteiger partial charge is 0.128 e. The fourth-order valence-electron chi connectivity index (χ4n) is 1.87. The van der Waals surface area contributed by atoms with Crippen LogP contribution >= 0.6 is 0 Å². The van der Waals surface area contributed by atoms with Crippen molar-refractivity contribution >= 4 is 0 Å². The van der Waals surface area contributed by atoms with Gasteiger partial charge in [-0.3, -0.25) is 0 Å². The molecule has 0 saturated heterocycles. The zero-order chi connectivity index (χ0) is 12.3. The van der Waals surface area contributed by atoms with Crippen LogP contribution in [0.5, 0.6) is 0 Å². The van der Waals surface area contributed by atoms with Gasteiger partial charge in [0.2, 0.25) is 0 Å². The van der Waals surface area contributed by atoms with Crippen molar-refractivity contribution in [2.45, 2.75) is 13.3 Å². The summed E-state index contributed by atoms with van der Waals surface area (Å²) in [7, 11) is 0.